The zero-order chi connectivity index (χ0) is 12.3. The molecule has 2 aromatic rings. The van der Waals surface area contributed by atoms with Crippen LogP contribution in [0.25, 0.3) is 11.3 Å². The summed E-state index contributed by atoms with van der Waals surface area (Å²) in [5.41, 5.74) is 7.26. The van der Waals surface area contributed by atoms with Gasteiger partial charge in [0, 0.05) is 21.8 Å². The van der Waals surface area contributed by atoms with Crippen LogP contribution in [-0.2, 0) is 6.42 Å². The standard InChI is InChI=1S/C12H12BrFN2S/c13-10-6-8(14)3-4-9(10)11-7-17-12(16-11)2-1-5-15/h3-4,6-7H,1-2,5,15H2. The van der Waals surface area contributed by atoms with Crippen LogP contribution < -0.4 is 5.73 Å². The number of hydrogen-bond acceptors (Lipinski definition) is 3. The maximum absolute atomic E-state index is 13.0. The average Bonchev–Trinajstić information content (AvgIpc) is 2.75. The molecule has 0 atom stereocenters. The average molecular weight is 315 g/mol. The van der Waals surface area contributed by atoms with Gasteiger partial charge in [-0.1, -0.05) is 0 Å². The van der Waals surface area contributed by atoms with E-state index in [1.807, 2.05) is 5.38 Å². The van der Waals surface area contributed by atoms with Gasteiger partial charge in [0.05, 0.1) is 10.7 Å². The summed E-state index contributed by atoms with van der Waals surface area (Å²) in [6.07, 6.45) is 1.84. The van der Waals surface area contributed by atoms with E-state index in [1.165, 1.54) is 12.1 Å². The van der Waals surface area contributed by atoms with Crippen molar-refractivity contribution >= 4 is 27.3 Å². The summed E-state index contributed by atoms with van der Waals surface area (Å²) < 4.78 is 13.7. The molecule has 90 valence electrons. The molecule has 0 aliphatic rings. The first-order chi connectivity index (χ1) is 8.20. The van der Waals surface area contributed by atoms with Gasteiger partial charge in [-0.15, -0.1) is 11.3 Å². The number of halogens is 2. The van der Waals surface area contributed by atoms with Crippen LogP contribution in [0.3, 0.4) is 0 Å². The van der Waals surface area contributed by atoms with Gasteiger partial charge in [0.2, 0.25) is 0 Å². The van der Waals surface area contributed by atoms with Crippen LogP contribution in [0.4, 0.5) is 4.39 Å². The molecule has 0 bridgehead atoms. The molecular formula is C12H12BrFN2S. The SMILES string of the molecule is NCCCc1nc(-c2ccc(F)cc2Br)cs1. The molecule has 1 aromatic carbocycles. The second kappa shape index (κ2) is 5.71. The zero-order valence-electron chi connectivity index (χ0n) is 9.12. The Morgan fingerprint density at radius 2 is 2.24 bits per heavy atom. The summed E-state index contributed by atoms with van der Waals surface area (Å²) in [7, 11) is 0. The van der Waals surface area contributed by atoms with Gasteiger partial charge in [-0.2, -0.15) is 0 Å². The van der Waals surface area contributed by atoms with Crippen molar-refractivity contribution in [1.82, 2.24) is 4.98 Å². The lowest BCUT2D eigenvalue weighted by molar-refractivity contribution is 0.627. The summed E-state index contributed by atoms with van der Waals surface area (Å²) in [5.74, 6) is -0.251. The summed E-state index contributed by atoms with van der Waals surface area (Å²) in [6.45, 7) is 0.676. The Kier molecular flexibility index (Phi) is 4.25. The molecule has 0 fully saturated rings. The lowest BCUT2D eigenvalue weighted by Gasteiger charge is -2.00. The fraction of sp³-hybridized carbons (Fsp3) is 0.250. The highest BCUT2D eigenvalue weighted by Crippen LogP contribution is 2.29. The van der Waals surface area contributed by atoms with Gasteiger partial charge in [-0.25, -0.2) is 9.37 Å². The van der Waals surface area contributed by atoms with Crippen LogP contribution in [0.5, 0.6) is 0 Å². The first-order valence-electron chi connectivity index (χ1n) is 5.30. The Morgan fingerprint density at radius 1 is 1.41 bits per heavy atom. The second-order valence-corrected chi connectivity index (χ2v) is 5.44. The number of aromatic nitrogens is 1. The fourth-order valence-corrected chi connectivity index (χ4v) is 2.89. The number of hydrogen-bond donors (Lipinski definition) is 1. The number of nitrogens with zero attached hydrogens (tertiary/aromatic N) is 1. The lowest BCUT2D eigenvalue weighted by atomic mass is 10.2. The Labute approximate surface area is 112 Å². The van der Waals surface area contributed by atoms with Crippen LogP contribution in [-0.4, -0.2) is 11.5 Å². The van der Waals surface area contributed by atoms with Gasteiger partial charge in [-0.05, 0) is 47.1 Å². The van der Waals surface area contributed by atoms with Crippen LogP contribution in [0.1, 0.15) is 11.4 Å². The van der Waals surface area contributed by atoms with Gasteiger partial charge in [0.15, 0.2) is 0 Å². The molecule has 17 heavy (non-hydrogen) atoms. The molecule has 5 heteroatoms. The van der Waals surface area contributed by atoms with E-state index in [0.29, 0.717) is 6.54 Å². The van der Waals surface area contributed by atoms with E-state index in [1.54, 1.807) is 17.4 Å². The first-order valence-corrected chi connectivity index (χ1v) is 6.98. The Morgan fingerprint density at radius 3 is 2.94 bits per heavy atom. The molecule has 0 aliphatic carbocycles. The van der Waals surface area contributed by atoms with Crippen molar-refractivity contribution < 1.29 is 4.39 Å². The molecular weight excluding hydrogens is 303 g/mol. The van der Waals surface area contributed by atoms with Crippen molar-refractivity contribution in [3.63, 3.8) is 0 Å². The highest BCUT2D eigenvalue weighted by atomic mass is 79.9. The van der Waals surface area contributed by atoms with E-state index in [4.69, 9.17) is 5.73 Å². The van der Waals surface area contributed by atoms with E-state index in [2.05, 4.69) is 20.9 Å². The Balaban J connectivity index is 2.24. The largest absolute Gasteiger partial charge is 0.330 e. The molecule has 2 N–H and O–H groups in total. The molecule has 0 aliphatic heterocycles. The number of rotatable bonds is 4. The summed E-state index contributed by atoms with van der Waals surface area (Å²) in [6, 6.07) is 4.63. The Bertz CT molecular complexity index is 513. The van der Waals surface area contributed by atoms with Crippen molar-refractivity contribution in [1.29, 1.82) is 0 Å². The summed E-state index contributed by atoms with van der Waals surface area (Å²) in [5, 5.41) is 3.06. The van der Waals surface area contributed by atoms with Crippen LogP contribution in [0, 0.1) is 5.82 Å². The van der Waals surface area contributed by atoms with E-state index in [-0.39, 0.29) is 5.82 Å². The fourth-order valence-electron chi connectivity index (χ4n) is 1.50. The molecule has 0 spiro atoms. The third-order valence-electron chi connectivity index (χ3n) is 2.35. The number of nitrogens with two attached hydrogens (primary N) is 1. The van der Waals surface area contributed by atoms with E-state index in [9.17, 15) is 4.39 Å². The van der Waals surface area contributed by atoms with Crippen LogP contribution >= 0.6 is 27.3 Å². The maximum Gasteiger partial charge on any atom is 0.124 e. The molecule has 0 radical (unpaired) electrons. The minimum Gasteiger partial charge on any atom is -0.330 e. The van der Waals surface area contributed by atoms with Crippen molar-refractivity contribution in [2.24, 2.45) is 5.73 Å². The van der Waals surface area contributed by atoms with Crippen LogP contribution in [0.2, 0.25) is 0 Å². The molecule has 0 amide bonds. The van der Waals surface area contributed by atoms with Gasteiger partial charge in [-0.3, -0.25) is 0 Å². The van der Waals surface area contributed by atoms with Crippen molar-refractivity contribution in [3.05, 3.63) is 38.9 Å². The van der Waals surface area contributed by atoms with Gasteiger partial charge < -0.3 is 5.73 Å². The minimum absolute atomic E-state index is 0.251. The highest BCUT2D eigenvalue weighted by Gasteiger charge is 2.08. The van der Waals surface area contributed by atoms with Gasteiger partial charge in [0.1, 0.15) is 5.82 Å². The molecule has 0 saturated heterocycles. The molecule has 1 aromatic heterocycles. The van der Waals surface area contributed by atoms with E-state index >= 15 is 0 Å². The molecule has 0 saturated carbocycles. The third kappa shape index (κ3) is 3.12. The highest BCUT2D eigenvalue weighted by molar-refractivity contribution is 9.10. The second-order valence-electron chi connectivity index (χ2n) is 3.64. The minimum atomic E-state index is -0.251. The molecule has 2 nitrogen and oxygen atoms in total. The van der Waals surface area contributed by atoms with E-state index < -0.39 is 0 Å². The van der Waals surface area contributed by atoms with Gasteiger partial charge in [0.25, 0.3) is 0 Å². The predicted molar refractivity (Wildman–Crippen MR) is 72.6 cm³/mol. The molecule has 1 heterocycles. The number of thiazole rings is 1. The van der Waals surface area contributed by atoms with Crippen molar-refractivity contribution in [3.8, 4) is 11.3 Å². The first kappa shape index (κ1) is 12.7. The molecule has 2 rings (SSSR count). The summed E-state index contributed by atoms with van der Waals surface area (Å²) in [4.78, 5) is 4.52. The smallest absolute Gasteiger partial charge is 0.124 e. The van der Waals surface area contributed by atoms with Gasteiger partial charge >= 0.3 is 0 Å². The monoisotopic (exact) mass is 314 g/mol. The lowest BCUT2D eigenvalue weighted by Crippen LogP contribution is -1.99. The van der Waals surface area contributed by atoms with Crippen molar-refractivity contribution in [2.75, 3.05) is 6.54 Å². The Hall–Kier alpha value is -0.780. The molecule has 0 unspecified atom stereocenters. The van der Waals surface area contributed by atoms with E-state index in [0.717, 1.165) is 33.6 Å². The topological polar surface area (TPSA) is 38.9 Å². The quantitative estimate of drug-likeness (QED) is 0.936. The predicted octanol–water partition coefficient (Wildman–Crippen LogP) is 3.60. The maximum atomic E-state index is 13.0. The number of aryl methyl sites for hydroxylation is 1. The van der Waals surface area contributed by atoms with Crippen molar-refractivity contribution in [2.45, 2.75) is 12.8 Å². The zero-order valence-corrected chi connectivity index (χ0v) is 11.5. The normalized spacial score (nSPS) is 10.8. The third-order valence-corrected chi connectivity index (χ3v) is 3.92. The number of benzene rings is 1. The summed E-state index contributed by atoms with van der Waals surface area (Å²) >= 11 is 4.97. The van der Waals surface area contributed by atoms with Crippen LogP contribution in [0.15, 0.2) is 28.1 Å².